The van der Waals surface area contributed by atoms with Crippen molar-refractivity contribution in [3.63, 3.8) is 0 Å². The first-order valence-electron chi connectivity index (χ1n) is 7.40. The van der Waals surface area contributed by atoms with Gasteiger partial charge < -0.3 is 10.1 Å². The number of carbonyl (C=O) groups is 1. The topological polar surface area (TPSA) is 75.7 Å². The molecular weight excluding hydrogens is 375 g/mol. The van der Waals surface area contributed by atoms with Gasteiger partial charge in [-0.1, -0.05) is 29.3 Å². The van der Waals surface area contributed by atoms with Gasteiger partial charge in [0, 0.05) is 20.0 Å². The van der Waals surface area contributed by atoms with Crippen LogP contribution in [0.25, 0.3) is 0 Å². The van der Waals surface area contributed by atoms with E-state index in [1.165, 1.54) is 18.4 Å². The van der Waals surface area contributed by atoms with Crippen molar-refractivity contribution >= 4 is 39.1 Å². The number of nitrogens with one attached hydrogen (secondary N) is 1. The van der Waals surface area contributed by atoms with Crippen LogP contribution < -0.4 is 5.32 Å². The molecule has 1 aromatic rings. The molecule has 24 heavy (non-hydrogen) atoms. The van der Waals surface area contributed by atoms with Gasteiger partial charge in [-0.25, -0.2) is 12.7 Å². The monoisotopic (exact) mass is 394 g/mol. The number of sulfonamides is 1. The average Bonchev–Trinajstić information content (AvgIpc) is 2.89. The Hall–Kier alpha value is -0.860. The van der Waals surface area contributed by atoms with E-state index in [1.54, 1.807) is 18.2 Å². The molecule has 0 aromatic heterocycles. The fourth-order valence-corrected chi connectivity index (χ4v) is 3.92. The zero-order valence-corrected chi connectivity index (χ0v) is 15.8. The molecule has 0 saturated carbocycles. The fraction of sp³-hybridized carbons (Fsp3) is 0.533. The van der Waals surface area contributed by atoms with E-state index in [0.717, 1.165) is 5.56 Å². The summed E-state index contributed by atoms with van der Waals surface area (Å²) in [6.07, 6.45) is 0.139. The second-order valence-electron chi connectivity index (χ2n) is 5.96. The minimum absolute atomic E-state index is 0.0578. The van der Waals surface area contributed by atoms with Gasteiger partial charge in [0.25, 0.3) is 0 Å². The van der Waals surface area contributed by atoms with Crippen molar-refractivity contribution in [3.8, 4) is 0 Å². The Morgan fingerprint density at radius 1 is 1.29 bits per heavy atom. The molecule has 1 saturated heterocycles. The van der Waals surface area contributed by atoms with Crippen LogP contribution in [0.2, 0.25) is 10.0 Å². The van der Waals surface area contributed by atoms with Gasteiger partial charge in [-0.3, -0.25) is 4.79 Å². The number of rotatable bonds is 6. The summed E-state index contributed by atoms with van der Waals surface area (Å²) < 4.78 is 30.5. The van der Waals surface area contributed by atoms with Gasteiger partial charge in [0.1, 0.15) is 0 Å². The van der Waals surface area contributed by atoms with Crippen molar-refractivity contribution in [3.05, 3.63) is 33.8 Å². The van der Waals surface area contributed by atoms with Gasteiger partial charge >= 0.3 is 0 Å². The number of hydrogen-bond donors (Lipinski definition) is 1. The molecule has 134 valence electrons. The zero-order chi connectivity index (χ0) is 17.9. The predicted octanol–water partition coefficient (Wildman–Crippen LogP) is 1.56. The quantitative estimate of drug-likeness (QED) is 0.793. The van der Waals surface area contributed by atoms with Crippen LogP contribution in [0.1, 0.15) is 5.56 Å². The molecule has 1 aliphatic heterocycles. The SMILES string of the molecule is CN(C)S(=O)(=O)CC1COCC1NC(=O)Cc1ccc(Cl)c(Cl)c1. The standard InChI is InChI=1S/C15H20Cl2N2O4S/c1-19(2)24(21,22)9-11-7-23-8-14(11)18-15(20)6-10-3-4-12(16)13(17)5-10/h3-5,11,14H,6-9H2,1-2H3,(H,18,20). The summed E-state index contributed by atoms with van der Waals surface area (Å²) in [6, 6.07) is 4.68. The lowest BCUT2D eigenvalue weighted by Crippen LogP contribution is -2.44. The maximum absolute atomic E-state index is 12.2. The van der Waals surface area contributed by atoms with E-state index in [1.807, 2.05) is 0 Å². The van der Waals surface area contributed by atoms with E-state index < -0.39 is 10.0 Å². The third-order valence-electron chi connectivity index (χ3n) is 3.87. The molecule has 2 rings (SSSR count). The van der Waals surface area contributed by atoms with Crippen molar-refractivity contribution in [1.82, 2.24) is 9.62 Å². The average molecular weight is 395 g/mol. The fourth-order valence-electron chi connectivity index (χ4n) is 2.43. The molecule has 9 heteroatoms. The summed E-state index contributed by atoms with van der Waals surface area (Å²) in [5, 5.41) is 3.67. The molecule has 1 fully saturated rings. The lowest BCUT2D eigenvalue weighted by Gasteiger charge is -2.21. The highest BCUT2D eigenvalue weighted by Gasteiger charge is 2.34. The van der Waals surface area contributed by atoms with Crippen molar-refractivity contribution in [2.45, 2.75) is 12.5 Å². The van der Waals surface area contributed by atoms with Gasteiger partial charge in [0.15, 0.2) is 0 Å². The van der Waals surface area contributed by atoms with E-state index in [2.05, 4.69) is 5.32 Å². The molecule has 0 spiro atoms. The summed E-state index contributed by atoms with van der Waals surface area (Å²) in [5.41, 5.74) is 0.735. The van der Waals surface area contributed by atoms with Crippen LogP contribution in [-0.4, -0.2) is 57.7 Å². The van der Waals surface area contributed by atoms with Crippen LogP contribution in [0, 0.1) is 5.92 Å². The van der Waals surface area contributed by atoms with Crippen LogP contribution in [0.15, 0.2) is 18.2 Å². The molecule has 0 aliphatic carbocycles. The van der Waals surface area contributed by atoms with E-state index in [-0.39, 0.29) is 30.0 Å². The van der Waals surface area contributed by atoms with Gasteiger partial charge in [0.2, 0.25) is 15.9 Å². The maximum atomic E-state index is 12.2. The summed E-state index contributed by atoms with van der Waals surface area (Å²) in [4.78, 5) is 12.2. The Bertz CT molecular complexity index is 709. The Labute approximate surface area is 152 Å². The lowest BCUT2D eigenvalue weighted by molar-refractivity contribution is -0.121. The third-order valence-corrected chi connectivity index (χ3v) is 6.58. The molecule has 0 radical (unpaired) electrons. The Balaban J connectivity index is 1.96. The maximum Gasteiger partial charge on any atom is 0.224 e. The van der Waals surface area contributed by atoms with Crippen LogP contribution in [0.3, 0.4) is 0 Å². The summed E-state index contributed by atoms with van der Waals surface area (Å²) >= 11 is 11.8. The van der Waals surface area contributed by atoms with Crippen molar-refractivity contribution in [2.24, 2.45) is 5.92 Å². The highest BCUT2D eigenvalue weighted by Crippen LogP contribution is 2.23. The van der Waals surface area contributed by atoms with Gasteiger partial charge in [0.05, 0.1) is 41.5 Å². The van der Waals surface area contributed by atoms with E-state index in [0.29, 0.717) is 23.3 Å². The van der Waals surface area contributed by atoms with E-state index in [9.17, 15) is 13.2 Å². The summed E-state index contributed by atoms with van der Waals surface area (Å²) in [6.45, 7) is 0.617. The highest BCUT2D eigenvalue weighted by molar-refractivity contribution is 7.89. The van der Waals surface area contributed by atoms with E-state index in [4.69, 9.17) is 27.9 Å². The van der Waals surface area contributed by atoms with Crippen LogP contribution in [0.4, 0.5) is 0 Å². The van der Waals surface area contributed by atoms with Crippen molar-refractivity contribution < 1.29 is 17.9 Å². The van der Waals surface area contributed by atoms with Gasteiger partial charge in [-0.15, -0.1) is 0 Å². The number of carbonyl (C=O) groups excluding carboxylic acids is 1. The Kier molecular flexibility index (Phi) is 6.50. The first-order chi connectivity index (χ1) is 11.2. The molecule has 2 unspecified atom stereocenters. The highest BCUT2D eigenvalue weighted by atomic mass is 35.5. The molecule has 1 heterocycles. The number of halogens is 2. The minimum atomic E-state index is -3.35. The predicted molar refractivity (Wildman–Crippen MR) is 93.9 cm³/mol. The molecule has 1 N–H and O–H groups in total. The first-order valence-corrected chi connectivity index (χ1v) is 9.77. The minimum Gasteiger partial charge on any atom is -0.379 e. The smallest absolute Gasteiger partial charge is 0.224 e. The summed E-state index contributed by atoms with van der Waals surface area (Å²) in [5.74, 6) is -0.538. The van der Waals surface area contributed by atoms with Crippen LogP contribution >= 0.6 is 23.2 Å². The third kappa shape index (κ3) is 5.07. The number of benzene rings is 1. The molecular formula is C15H20Cl2N2O4S. The second kappa shape index (κ2) is 8.01. The normalized spacial score (nSPS) is 21.2. The van der Waals surface area contributed by atoms with Crippen LogP contribution in [-0.2, 0) is 26.0 Å². The summed E-state index contributed by atoms with van der Waals surface area (Å²) in [7, 11) is -0.371. The van der Waals surface area contributed by atoms with Crippen molar-refractivity contribution in [1.29, 1.82) is 0 Å². The van der Waals surface area contributed by atoms with Crippen molar-refractivity contribution in [2.75, 3.05) is 33.1 Å². The molecule has 1 aliphatic rings. The van der Waals surface area contributed by atoms with Gasteiger partial charge in [-0.05, 0) is 17.7 Å². The molecule has 6 nitrogen and oxygen atoms in total. The molecule has 2 atom stereocenters. The number of ether oxygens (including phenoxy) is 1. The lowest BCUT2D eigenvalue weighted by atomic mass is 10.1. The Morgan fingerprint density at radius 2 is 2.00 bits per heavy atom. The largest absolute Gasteiger partial charge is 0.379 e. The zero-order valence-electron chi connectivity index (χ0n) is 13.5. The number of nitrogens with zero attached hydrogens (tertiary/aromatic N) is 1. The number of amides is 1. The second-order valence-corrected chi connectivity index (χ2v) is 9.00. The van der Waals surface area contributed by atoms with Crippen LogP contribution in [0.5, 0.6) is 0 Å². The van der Waals surface area contributed by atoms with Gasteiger partial charge in [-0.2, -0.15) is 0 Å². The number of hydrogen-bond acceptors (Lipinski definition) is 4. The van der Waals surface area contributed by atoms with E-state index >= 15 is 0 Å². The molecule has 1 aromatic carbocycles. The Morgan fingerprint density at radius 3 is 2.62 bits per heavy atom. The first kappa shape index (κ1) is 19.5. The molecule has 1 amide bonds. The molecule has 0 bridgehead atoms.